The number of nitrogens with one attached hydrogen (secondary N) is 1. The third-order valence-corrected chi connectivity index (χ3v) is 4.57. The van der Waals surface area contributed by atoms with E-state index in [9.17, 15) is 14.4 Å². The monoisotopic (exact) mass is 355 g/mol. The number of hydrogen-bond donors (Lipinski definition) is 2. The van der Waals surface area contributed by atoms with Crippen LogP contribution in [0, 0.1) is 6.92 Å². The van der Waals surface area contributed by atoms with Crippen LogP contribution in [-0.2, 0) is 4.79 Å². The maximum absolute atomic E-state index is 12.9. The number of furan rings is 1. The number of rotatable bonds is 4. The van der Waals surface area contributed by atoms with Crippen LogP contribution in [0.4, 0.5) is 5.69 Å². The van der Waals surface area contributed by atoms with Gasteiger partial charge < -0.3 is 20.4 Å². The quantitative estimate of drug-likeness (QED) is 0.878. The fourth-order valence-corrected chi connectivity index (χ4v) is 3.12. The van der Waals surface area contributed by atoms with Crippen molar-refractivity contribution in [1.29, 1.82) is 0 Å². The second kappa shape index (κ2) is 7.43. The molecule has 3 rings (SSSR count). The van der Waals surface area contributed by atoms with Crippen LogP contribution < -0.4 is 11.1 Å². The zero-order chi connectivity index (χ0) is 18.7. The van der Waals surface area contributed by atoms with Gasteiger partial charge in [-0.15, -0.1) is 0 Å². The van der Waals surface area contributed by atoms with Crippen LogP contribution in [0.5, 0.6) is 0 Å². The SMILES string of the molecule is Cc1ccc(C(=O)N2CCCCC2C(N)=O)cc1NC(=O)c1ccco1. The number of carbonyl (C=O) groups excluding carboxylic acids is 3. The highest BCUT2D eigenvalue weighted by atomic mass is 16.3. The minimum Gasteiger partial charge on any atom is -0.459 e. The van der Waals surface area contributed by atoms with Crippen LogP contribution in [0.25, 0.3) is 0 Å². The molecule has 3 amide bonds. The summed E-state index contributed by atoms with van der Waals surface area (Å²) < 4.78 is 5.08. The van der Waals surface area contributed by atoms with Crippen molar-refractivity contribution in [2.24, 2.45) is 5.73 Å². The zero-order valence-corrected chi connectivity index (χ0v) is 14.5. The Balaban J connectivity index is 1.83. The topological polar surface area (TPSA) is 106 Å². The maximum Gasteiger partial charge on any atom is 0.291 e. The summed E-state index contributed by atoms with van der Waals surface area (Å²) in [4.78, 5) is 38.3. The highest BCUT2D eigenvalue weighted by molar-refractivity contribution is 6.04. The molecule has 1 unspecified atom stereocenters. The van der Waals surface area contributed by atoms with Gasteiger partial charge in [0.15, 0.2) is 5.76 Å². The molecule has 1 aromatic heterocycles. The van der Waals surface area contributed by atoms with Gasteiger partial charge in [0, 0.05) is 17.8 Å². The number of piperidine rings is 1. The molecule has 1 aromatic carbocycles. The number of anilines is 1. The Kier molecular flexibility index (Phi) is 5.06. The molecule has 1 aliphatic heterocycles. The van der Waals surface area contributed by atoms with Crippen molar-refractivity contribution in [3.8, 4) is 0 Å². The molecule has 1 fully saturated rings. The third-order valence-electron chi connectivity index (χ3n) is 4.57. The Morgan fingerprint density at radius 1 is 1.23 bits per heavy atom. The summed E-state index contributed by atoms with van der Waals surface area (Å²) in [5.41, 5.74) is 7.18. The maximum atomic E-state index is 12.9. The standard InChI is InChI=1S/C19H21N3O4/c1-12-7-8-13(11-14(12)21-18(24)16-6-4-10-26-16)19(25)22-9-3-2-5-15(22)17(20)23/h4,6-8,10-11,15H,2-3,5,9H2,1H3,(H2,20,23)(H,21,24). The highest BCUT2D eigenvalue weighted by Crippen LogP contribution is 2.23. The molecule has 2 aromatic rings. The number of benzene rings is 1. The molecule has 136 valence electrons. The number of nitrogens with zero attached hydrogens (tertiary/aromatic N) is 1. The second-order valence-electron chi connectivity index (χ2n) is 6.37. The number of primary amides is 1. The van der Waals surface area contributed by atoms with Crippen molar-refractivity contribution in [1.82, 2.24) is 4.90 Å². The number of likely N-dealkylation sites (tertiary alicyclic amines) is 1. The van der Waals surface area contributed by atoms with Gasteiger partial charge in [0.1, 0.15) is 6.04 Å². The van der Waals surface area contributed by atoms with Gasteiger partial charge in [-0.25, -0.2) is 0 Å². The highest BCUT2D eigenvalue weighted by Gasteiger charge is 2.31. The summed E-state index contributed by atoms with van der Waals surface area (Å²) in [5.74, 6) is -0.958. The minimum atomic E-state index is -0.585. The Morgan fingerprint density at radius 2 is 2.04 bits per heavy atom. The molecule has 3 N–H and O–H groups in total. The number of hydrogen-bond acceptors (Lipinski definition) is 4. The molecule has 7 nitrogen and oxygen atoms in total. The van der Waals surface area contributed by atoms with Gasteiger partial charge in [-0.05, 0) is 56.0 Å². The number of carbonyl (C=O) groups is 3. The molecule has 0 saturated carbocycles. The summed E-state index contributed by atoms with van der Waals surface area (Å²) in [7, 11) is 0. The zero-order valence-electron chi connectivity index (χ0n) is 14.5. The van der Waals surface area contributed by atoms with Gasteiger partial charge in [0.25, 0.3) is 11.8 Å². The van der Waals surface area contributed by atoms with Crippen LogP contribution >= 0.6 is 0 Å². The number of aryl methyl sites for hydroxylation is 1. The average Bonchev–Trinajstić information content (AvgIpc) is 3.17. The summed E-state index contributed by atoms with van der Waals surface area (Å²) in [6, 6.07) is 7.66. The molecule has 1 aliphatic rings. The normalized spacial score (nSPS) is 17.0. The van der Waals surface area contributed by atoms with Gasteiger partial charge in [0.2, 0.25) is 5.91 Å². The van der Waals surface area contributed by atoms with Crippen molar-refractivity contribution in [2.75, 3.05) is 11.9 Å². The van der Waals surface area contributed by atoms with Gasteiger partial charge in [-0.2, -0.15) is 0 Å². The van der Waals surface area contributed by atoms with E-state index in [1.54, 1.807) is 30.3 Å². The second-order valence-corrected chi connectivity index (χ2v) is 6.37. The molecule has 1 saturated heterocycles. The summed E-state index contributed by atoms with van der Waals surface area (Å²) in [6.07, 6.45) is 3.70. The molecular weight excluding hydrogens is 334 g/mol. The predicted molar refractivity (Wildman–Crippen MR) is 95.7 cm³/mol. The first-order chi connectivity index (χ1) is 12.5. The lowest BCUT2D eigenvalue weighted by Crippen LogP contribution is -2.50. The van der Waals surface area contributed by atoms with Gasteiger partial charge in [-0.3, -0.25) is 14.4 Å². The molecule has 0 bridgehead atoms. The van der Waals surface area contributed by atoms with E-state index in [4.69, 9.17) is 10.2 Å². The van der Waals surface area contributed by atoms with E-state index in [-0.39, 0.29) is 11.7 Å². The van der Waals surface area contributed by atoms with Crippen LogP contribution in [0.2, 0.25) is 0 Å². The van der Waals surface area contributed by atoms with E-state index in [2.05, 4.69) is 5.32 Å². The first-order valence-electron chi connectivity index (χ1n) is 8.53. The fourth-order valence-electron chi connectivity index (χ4n) is 3.12. The van der Waals surface area contributed by atoms with Crippen molar-refractivity contribution in [3.63, 3.8) is 0 Å². The Morgan fingerprint density at radius 3 is 2.73 bits per heavy atom. The van der Waals surface area contributed by atoms with E-state index >= 15 is 0 Å². The molecule has 0 spiro atoms. The first kappa shape index (κ1) is 17.7. The Bertz CT molecular complexity index is 829. The molecule has 1 atom stereocenters. The lowest BCUT2D eigenvalue weighted by molar-refractivity contribution is -0.123. The molecule has 7 heteroatoms. The van der Waals surface area contributed by atoms with E-state index in [0.29, 0.717) is 24.2 Å². The predicted octanol–water partition coefficient (Wildman–Crippen LogP) is 2.32. The lowest BCUT2D eigenvalue weighted by Gasteiger charge is -2.33. The van der Waals surface area contributed by atoms with Crippen molar-refractivity contribution < 1.29 is 18.8 Å². The van der Waals surface area contributed by atoms with Crippen molar-refractivity contribution in [3.05, 3.63) is 53.5 Å². The summed E-state index contributed by atoms with van der Waals surface area (Å²) in [6.45, 7) is 2.33. The van der Waals surface area contributed by atoms with Crippen molar-refractivity contribution >= 4 is 23.4 Å². The molecule has 2 heterocycles. The summed E-state index contributed by atoms with van der Waals surface area (Å²) >= 11 is 0. The van der Waals surface area contributed by atoms with Gasteiger partial charge in [0.05, 0.1) is 6.26 Å². The number of amides is 3. The van der Waals surface area contributed by atoms with Crippen LogP contribution in [0.3, 0.4) is 0 Å². The molecule has 0 radical (unpaired) electrons. The fraction of sp³-hybridized carbons (Fsp3) is 0.316. The summed E-state index contributed by atoms with van der Waals surface area (Å²) in [5, 5.41) is 2.75. The first-order valence-corrected chi connectivity index (χ1v) is 8.53. The third kappa shape index (κ3) is 3.61. The van der Waals surface area contributed by atoms with Crippen LogP contribution in [0.15, 0.2) is 41.0 Å². The Hall–Kier alpha value is -3.09. The largest absolute Gasteiger partial charge is 0.459 e. The van der Waals surface area contributed by atoms with E-state index < -0.39 is 17.9 Å². The van der Waals surface area contributed by atoms with Gasteiger partial charge in [-0.1, -0.05) is 6.07 Å². The van der Waals surface area contributed by atoms with E-state index in [1.165, 1.54) is 11.2 Å². The number of nitrogens with two attached hydrogens (primary N) is 1. The smallest absolute Gasteiger partial charge is 0.291 e. The molecule has 0 aliphatic carbocycles. The van der Waals surface area contributed by atoms with Gasteiger partial charge >= 0.3 is 0 Å². The molecule has 26 heavy (non-hydrogen) atoms. The van der Waals surface area contributed by atoms with E-state index in [1.807, 2.05) is 6.92 Å². The van der Waals surface area contributed by atoms with E-state index in [0.717, 1.165) is 18.4 Å². The lowest BCUT2D eigenvalue weighted by atomic mass is 9.99. The van der Waals surface area contributed by atoms with Crippen molar-refractivity contribution in [2.45, 2.75) is 32.2 Å². The average molecular weight is 355 g/mol. The molecular formula is C19H21N3O4. The van der Waals surface area contributed by atoms with Crippen LogP contribution in [0.1, 0.15) is 45.7 Å². The Labute approximate surface area is 151 Å². The minimum absolute atomic E-state index is 0.186. The van der Waals surface area contributed by atoms with Crippen LogP contribution in [-0.4, -0.2) is 35.2 Å².